The van der Waals surface area contributed by atoms with Gasteiger partial charge in [0.15, 0.2) is 0 Å². The molecule has 2 aromatic rings. The number of benzene rings is 2. The van der Waals surface area contributed by atoms with Gasteiger partial charge in [0.05, 0.1) is 7.11 Å². The second-order valence-electron chi connectivity index (χ2n) is 5.33. The molecule has 3 heteroatoms. The van der Waals surface area contributed by atoms with E-state index in [9.17, 15) is 0 Å². The van der Waals surface area contributed by atoms with E-state index in [2.05, 4.69) is 46.3 Å². The first-order valence-corrected chi connectivity index (χ1v) is 7.64. The van der Waals surface area contributed by atoms with Gasteiger partial charge in [0.25, 0.3) is 0 Å². The predicted molar refractivity (Wildman–Crippen MR) is 84.9 cm³/mol. The molecule has 1 fully saturated rings. The number of ether oxygens (including phenoxy) is 1. The zero-order chi connectivity index (χ0) is 14.1. The zero-order valence-corrected chi connectivity index (χ0v) is 13.0. The van der Waals surface area contributed by atoms with Gasteiger partial charge in [0, 0.05) is 10.5 Å². The van der Waals surface area contributed by atoms with Crippen LogP contribution in [0.1, 0.15) is 29.5 Å². The topological polar surface area (TPSA) is 35.2 Å². The van der Waals surface area contributed by atoms with Gasteiger partial charge in [-0.05, 0) is 47.6 Å². The van der Waals surface area contributed by atoms with Crippen LogP contribution in [-0.2, 0) is 0 Å². The molecule has 3 rings (SSSR count). The van der Waals surface area contributed by atoms with Crippen LogP contribution in [0.3, 0.4) is 0 Å². The summed E-state index contributed by atoms with van der Waals surface area (Å²) in [6, 6.07) is 16.7. The molecule has 1 aliphatic rings. The third-order valence-electron chi connectivity index (χ3n) is 4.09. The van der Waals surface area contributed by atoms with Gasteiger partial charge in [-0.15, -0.1) is 0 Å². The van der Waals surface area contributed by atoms with Crippen molar-refractivity contribution in [2.75, 3.05) is 7.11 Å². The van der Waals surface area contributed by atoms with Gasteiger partial charge >= 0.3 is 0 Å². The number of nitrogens with two attached hydrogens (primary N) is 1. The van der Waals surface area contributed by atoms with Crippen molar-refractivity contribution in [1.82, 2.24) is 0 Å². The van der Waals surface area contributed by atoms with Crippen molar-refractivity contribution in [2.24, 2.45) is 11.7 Å². The average molecular weight is 332 g/mol. The van der Waals surface area contributed by atoms with Gasteiger partial charge in [-0.1, -0.05) is 46.3 Å². The lowest BCUT2D eigenvalue weighted by Crippen LogP contribution is -2.14. The second-order valence-corrected chi connectivity index (χ2v) is 6.18. The maximum absolute atomic E-state index is 6.47. The molecule has 0 radical (unpaired) electrons. The standard InChI is InChI=1S/C17H18BrNO/c1-20-12-7-8-16(18)15(9-12)17(19)14-10-13(14)11-5-3-2-4-6-11/h2-9,13-14,17H,10,19H2,1H3. The highest BCUT2D eigenvalue weighted by atomic mass is 79.9. The third kappa shape index (κ3) is 2.60. The summed E-state index contributed by atoms with van der Waals surface area (Å²) in [6.07, 6.45) is 1.16. The van der Waals surface area contributed by atoms with Gasteiger partial charge in [0.1, 0.15) is 5.75 Å². The molecular weight excluding hydrogens is 314 g/mol. The second kappa shape index (κ2) is 5.58. The summed E-state index contributed by atoms with van der Waals surface area (Å²) in [5.41, 5.74) is 8.99. The van der Waals surface area contributed by atoms with Gasteiger partial charge in [0.2, 0.25) is 0 Å². The van der Waals surface area contributed by atoms with E-state index in [0.717, 1.165) is 22.2 Å². The zero-order valence-electron chi connectivity index (χ0n) is 11.4. The van der Waals surface area contributed by atoms with E-state index < -0.39 is 0 Å². The van der Waals surface area contributed by atoms with Crippen molar-refractivity contribution < 1.29 is 4.74 Å². The molecule has 104 valence electrons. The molecule has 0 heterocycles. The fraction of sp³-hybridized carbons (Fsp3) is 0.294. The van der Waals surface area contributed by atoms with Gasteiger partial charge in [-0.2, -0.15) is 0 Å². The van der Waals surface area contributed by atoms with Gasteiger partial charge in [-0.3, -0.25) is 0 Å². The van der Waals surface area contributed by atoms with Crippen LogP contribution in [0.2, 0.25) is 0 Å². The minimum atomic E-state index is 0.0460. The summed E-state index contributed by atoms with van der Waals surface area (Å²) in [7, 11) is 1.68. The number of methoxy groups -OCH3 is 1. The Kier molecular flexibility index (Phi) is 3.81. The van der Waals surface area contributed by atoms with Crippen molar-refractivity contribution in [3.63, 3.8) is 0 Å². The summed E-state index contributed by atoms with van der Waals surface area (Å²) in [4.78, 5) is 0. The number of hydrogen-bond acceptors (Lipinski definition) is 2. The van der Waals surface area contributed by atoms with Crippen LogP contribution in [0.25, 0.3) is 0 Å². The number of rotatable bonds is 4. The Balaban J connectivity index is 1.79. The first-order valence-electron chi connectivity index (χ1n) is 6.84. The Morgan fingerprint density at radius 2 is 1.95 bits per heavy atom. The SMILES string of the molecule is COc1ccc(Br)c(C(N)C2CC2c2ccccc2)c1. The average Bonchev–Trinajstić information content (AvgIpc) is 3.28. The number of halogens is 1. The van der Waals surface area contributed by atoms with Crippen LogP contribution in [0.5, 0.6) is 5.75 Å². The lowest BCUT2D eigenvalue weighted by Gasteiger charge is -2.15. The van der Waals surface area contributed by atoms with E-state index in [1.165, 1.54) is 5.56 Å². The molecule has 0 spiro atoms. The lowest BCUT2D eigenvalue weighted by atomic mass is 9.99. The van der Waals surface area contributed by atoms with Crippen molar-refractivity contribution in [3.05, 3.63) is 64.1 Å². The first-order chi connectivity index (χ1) is 9.70. The largest absolute Gasteiger partial charge is 0.497 e. The van der Waals surface area contributed by atoms with Crippen LogP contribution in [0, 0.1) is 5.92 Å². The van der Waals surface area contributed by atoms with E-state index in [1.807, 2.05) is 18.2 Å². The van der Waals surface area contributed by atoms with E-state index in [4.69, 9.17) is 10.5 Å². The molecule has 0 bridgehead atoms. The molecule has 1 saturated carbocycles. The quantitative estimate of drug-likeness (QED) is 0.908. The van der Waals surface area contributed by atoms with Crippen LogP contribution in [-0.4, -0.2) is 7.11 Å². The molecule has 0 aliphatic heterocycles. The lowest BCUT2D eigenvalue weighted by molar-refractivity contribution is 0.413. The Hall–Kier alpha value is -1.32. The first kappa shape index (κ1) is 13.7. The van der Waals surface area contributed by atoms with Crippen LogP contribution < -0.4 is 10.5 Å². The van der Waals surface area contributed by atoms with E-state index in [-0.39, 0.29) is 6.04 Å². The highest BCUT2D eigenvalue weighted by molar-refractivity contribution is 9.10. The minimum Gasteiger partial charge on any atom is -0.497 e. The molecule has 2 nitrogen and oxygen atoms in total. The Bertz CT molecular complexity index is 599. The highest BCUT2D eigenvalue weighted by Crippen LogP contribution is 2.54. The third-order valence-corrected chi connectivity index (χ3v) is 4.81. The number of hydrogen-bond donors (Lipinski definition) is 1. The van der Waals surface area contributed by atoms with Gasteiger partial charge in [-0.25, -0.2) is 0 Å². The molecular formula is C17H18BrNO. The molecule has 2 aromatic carbocycles. The van der Waals surface area contributed by atoms with Crippen molar-refractivity contribution in [1.29, 1.82) is 0 Å². The summed E-state index contributed by atoms with van der Waals surface area (Å²) in [6.45, 7) is 0. The fourth-order valence-corrected chi connectivity index (χ4v) is 3.34. The van der Waals surface area contributed by atoms with Crippen LogP contribution in [0.4, 0.5) is 0 Å². The maximum Gasteiger partial charge on any atom is 0.119 e. The van der Waals surface area contributed by atoms with Gasteiger partial charge < -0.3 is 10.5 Å². The molecule has 0 saturated heterocycles. The summed E-state index contributed by atoms with van der Waals surface area (Å²) >= 11 is 3.60. The van der Waals surface area contributed by atoms with Crippen molar-refractivity contribution >= 4 is 15.9 Å². The molecule has 3 atom stereocenters. The normalized spacial score (nSPS) is 22.4. The molecule has 0 aromatic heterocycles. The molecule has 0 amide bonds. The van der Waals surface area contributed by atoms with Crippen molar-refractivity contribution in [2.45, 2.75) is 18.4 Å². The Morgan fingerprint density at radius 3 is 2.65 bits per heavy atom. The summed E-state index contributed by atoms with van der Waals surface area (Å²) in [5, 5.41) is 0. The molecule has 1 aliphatic carbocycles. The Labute approximate surface area is 128 Å². The smallest absolute Gasteiger partial charge is 0.119 e. The summed E-state index contributed by atoms with van der Waals surface area (Å²) < 4.78 is 6.35. The van der Waals surface area contributed by atoms with E-state index in [1.54, 1.807) is 7.11 Å². The van der Waals surface area contributed by atoms with Crippen LogP contribution in [0.15, 0.2) is 53.0 Å². The minimum absolute atomic E-state index is 0.0460. The monoisotopic (exact) mass is 331 g/mol. The van der Waals surface area contributed by atoms with E-state index in [0.29, 0.717) is 11.8 Å². The predicted octanol–water partition coefficient (Wildman–Crippen LogP) is 4.26. The van der Waals surface area contributed by atoms with E-state index >= 15 is 0 Å². The molecule has 20 heavy (non-hydrogen) atoms. The van der Waals surface area contributed by atoms with Crippen LogP contribution >= 0.6 is 15.9 Å². The maximum atomic E-state index is 6.47. The highest BCUT2D eigenvalue weighted by Gasteiger charge is 2.43. The molecule has 2 N–H and O–H groups in total. The fourth-order valence-electron chi connectivity index (χ4n) is 2.83. The summed E-state index contributed by atoms with van der Waals surface area (Å²) in [5.74, 6) is 1.96. The molecule has 3 unspecified atom stereocenters. The Morgan fingerprint density at radius 1 is 1.20 bits per heavy atom. The van der Waals surface area contributed by atoms with Crippen molar-refractivity contribution in [3.8, 4) is 5.75 Å².